The van der Waals surface area contributed by atoms with Gasteiger partial charge in [-0.15, -0.1) is 0 Å². The lowest BCUT2D eigenvalue weighted by Crippen LogP contribution is -2.14. The predicted molar refractivity (Wildman–Crippen MR) is 75.8 cm³/mol. The fraction of sp³-hybridized carbons (Fsp3) is 0.0714. The molecule has 2 rings (SSSR count). The number of nitrogens with one attached hydrogen (secondary N) is 1. The summed E-state index contributed by atoms with van der Waals surface area (Å²) in [7, 11) is 0. The van der Waals surface area contributed by atoms with Gasteiger partial charge in [0.05, 0.1) is 16.1 Å². The minimum absolute atomic E-state index is 0.0314. The monoisotopic (exact) mass is 351 g/mol. The molecule has 0 aromatic heterocycles. The molecule has 0 spiro atoms. The predicted octanol–water partition coefficient (Wildman–Crippen LogP) is 5.40. The number of anilines is 1. The molecule has 8 heteroatoms. The molecule has 0 atom stereocenters. The van der Waals surface area contributed by atoms with E-state index in [1.807, 2.05) is 0 Å². The highest BCUT2D eigenvalue weighted by atomic mass is 35.5. The molecular formula is C14H7Cl2F4NO. The van der Waals surface area contributed by atoms with Crippen LogP contribution in [0.15, 0.2) is 36.4 Å². The highest BCUT2D eigenvalue weighted by molar-refractivity contribution is 6.37. The SMILES string of the molecule is O=C(Nc1ccc(F)c(C(F)(F)F)c1)c1ccc(Cl)cc1Cl. The first-order valence-electron chi connectivity index (χ1n) is 5.81. The van der Waals surface area contributed by atoms with Crippen molar-refractivity contribution >= 4 is 34.8 Å². The van der Waals surface area contributed by atoms with Crippen molar-refractivity contribution in [3.05, 3.63) is 63.4 Å². The molecule has 0 unspecified atom stereocenters. The Hall–Kier alpha value is -1.79. The number of alkyl halides is 3. The van der Waals surface area contributed by atoms with Gasteiger partial charge in [-0.2, -0.15) is 13.2 Å². The Labute approximate surface area is 132 Å². The molecule has 116 valence electrons. The van der Waals surface area contributed by atoms with Crippen molar-refractivity contribution in [2.24, 2.45) is 0 Å². The lowest BCUT2D eigenvalue weighted by Gasteiger charge is -2.11. The number of rotatable bonds is 2. The summed E-state index contributed by atoms with van der Waals surface area (Å²) < 4.78 is 51.0. The molecular weight excluding hydrogens is 345 g/mol. The van der Waals surface area contributed by atoms with Gasteiger partial charge in [-0.25, -0.2) is 4.39 Å². The Morgan fingerprint density at radius 1 is 1.05 bits per heavy atom. The van der Waals surface area contributed by atoms with E-state index in [1.165, 1.54) is 18.2 Å². The van der Waals surface area contributed by atoms with Crippen molar-refractivity contribution in [3.8, 4) is 0 Å². The van der Waals surface area contributed by atoms with Crippen LogP contribution in [0.2, 0.25) is 10.0 Å². The molecule has 0 saturated carbocycles. The van der Waals surface area contributed by atoms with Gasteiger partial charge in [-0.1, -0.05) is 23.2 Å². The van der Waals surface area contributed by atoms with Crippen molar-refractivity contribution < 1.29 is 22.4 Å². The number of hydrogen-bond acceptors (Lipinski definition) is 1. The molecule has 0 aliphatic heterocycles. The third-order valence-electron chi connectivity index (χ3n) is 2.71. The highest BCUT2D eigenvalue weighted by Crippen LogP contribution is 2.33. The maximum absolute atomic E-state index is 13.2. The standard InChI is InChI=1S/C14H7Cl2F4NO/c15-7-1-3-9(11(16)5-7)13(22)21-8-2-4-12(17)10(6-8)14(18,19)20/h1-6H,(H,21,22). The molecule has 0 bridgehead atoms. The summed E-state index contributed by atoms with van der Waals surface area (Å²) in [5, 5.41) is 2.58. The molecule has 0 heterocycles. The Bertz CT molecular complexity index is 731. The number of halogens is 6. The van der Waals surface area contributed by atoms with Crippen LogP contribution >= 0.6 is 23.2 Å². The first-order chi connectivity index (χ1) is 10.2. The second kappa shape index (κ2) is 6.14. The van der Waals surface area contributed by atoms with Crippen LogP contribution in [0.1, 0.15) is 15.9 Å². The van der Waals surface area contributed by atoms with E-state index >= 15 is 0 Å². The average molecular weight is 352 g/mol. The Balaban J connectivity index is 2.29. The molecule has 0 radical (unpaired) electrons. The van der Waals surface area contributed by atoms with Gasteiger partial charge in [-0.3, -0.25) is 4.79 Å². The quantitative estimate of drug-likeness (QED) is 0.720. The number of amides is 1. The van der Waals surface area contributed by atoms with E-state index in [2.05, 4.69) is 5.32 Å². The zero-order chi connectivity index (χ0) is 16.5. The Morgan fingerprint density at radius 3 is 2.32 bits per heavy atom. The van der Waals surface area contributed by atoms with E-state index < -0.39 is 23.5 Å². The van der Waals surface area contributed by atoms with E-state index in [0.717, 1.165) is 6.07 Å². The maximum Gasteiger partial charge on any atom is 0.419 e. The van der Waals surface area contributed by atoms with Crippen molar-refractivity contribution in [2.75, 3.05) is 5.32 Å². The van der Waals surface area contributed by atoms with Gasteiger partial charge in [0.25, 0.3) is 5.91 Å². The van der Waals surface area contributed by atoms with Crippen LogP contribution in [0.5, 0.6) is 0 Å². The first kappa shape index (κ1) is 16.6. The number of benzene rings is 2. The van der Waals surface area contributed by atoms with Crippen molar-refractivity contribution in [1.29, 1.82) is 0 Å². The minimum Gasteiger partial charge on any atom is -0.322 e. The van der Waals surface area contributed by atoms with Gasteiger partial charge in [0, 0.05) is 10.7 Å². The maximum atomic E-state index is 13.2. The van der Waals surface area contributed by atoms with Crippen LogP contribution < -0.4 is 5.32 Å². The minimum atomic E-state index is -4.86. The van der Waals surface area contributed by atoms with Gasteiger partial charge < -0.3 is 5.32 Å². The van der Waals surface area contributed by atoms with Crippen LogP contribution in [0.25, 0.3) is 0 Å². The molecule has 1 amide bonds. The lowest BCUT2D eigenvalue weighted by molar-refractivity contribution is -0.139. The molecule has 2 aromatic rings. The normalized spacial score (nSPS) is 11.4. The molecule has 1 N–H and O–H groups in total. The average Bonchev–Trinajstić information content (AvgIpc) is 2.39. The van der Waals surface area contributed by atoms with E-state index in [1.54, 1.807) is 0 Å². The van der Waals surface area contributed by atoms with E-state index in [-0.39, 0.29) is 16.3 Å². The van der Waals surface area contributed by atoms with E-state index in [0.29, 0.717) is 17.2 Å². The van der Waals surface area contributed by atoms with Gasteiger partial charge in [-0.05, 0) is 36.4 Å². The summed E-state index contributed by atoms with van der Waals surface area (Å²) in [4.78, 5) is 12.0. The Kier molecular flexibility index (Phi) is 4.63. The molecule has 0 aliphatic carbocycles. The highest BCUT2D eigenvalue weighted by Gasteiger charge is 2.34. The summed E-state index contributed by atoms with van der Waals surface area (Å²) in [6.07, 6.45) is -4.86. The zero-order valence-electron chi connectivity index (χ0n) is 10.6. The lowest BCUT2D eigenvalue weighted by atomic mass is 10.1. The second-order valence-corrected chi connectivity index (χ2v) is 5.11. The summed E-state index contributed by atoms with van der Waals surface area (Å²) in [5.74, 6) is -2.16. The third kappa shape index (κ3) is 3.69. The van der Waals surface area contributed by atoms with Crippen molar-refractivity contribution in [1.82, 2.24) is 0 Å². The second-order valence-electron chi connectivity index (χ2n) is 4.27. The summed E-state index contributed by atoms with van der Waals surface area (Å²) in [6, 6.07) is 6.22. The summed E-state index contributed by atoms with van der Waals surface area (Å²) >= 11 is 11.5. The molecule has 2 nitrogen and oxygen atoms in total. The van der Waals surface area contributed by atoms with Crippen molar-refractivity contribution in [3.63, 3.8) is 0 Å². The largest absolute Gasteiger partial charge is 0.419 e. The van der Waals surface area contributed by atoms with E-state index in [4.69, 9.17) is 23.2 Å². The van der Waals surface area contributed by atoms with Crippen molar-refractivity contribution in [2.45, 2.75) is 6.18 Å². The topological polar surface area (TPSA) is 29.1 Å². The van der Waals surface area contributed by atoms with Gasteiger partial charge in [0.2, 0.25) is 0 Å². The summed E-state index contributed by atoms with van der Waals surface area (Å²) in [5.41, 5.74) is -1.64. The Morgan fingerprint density at radius 2 is 1.73 bits per heavy atom. The van der Waals surface area contributed by atoms with Gasteiger partial charge in [0.15, 0.2) is 0 Å². The molecule has 2 aromatic carbocycles. The van der Waals surface area contributed by atoms with Gasteiger partial charge >= 0.3 is 6.18 Å². The smallest absolute Gasteiger partial charge is 0.322 e. The molecule has 0 aliphatic rings. The number of carbonyl (C=O) groups excluding carboxylic acids is 1. The fourth-order valence-electron chi connectivity index (χ4n) is 1.69. The van der Waals surface area contributed by atoms with Crippen LogP contribution in [0.3, 0.4) is 0 Å². The zero-order valence-corrected chi connectivity index (χ0v) is 12.2. The molecule has 0 saturated heterocycles. The fourth-order valence-corrected chi connectivity index (χ4v) is 2.19. The third-order valence-corrected chi connectivity index (χ3v) is 3.25. The molecule has 22 heavy (non-hydrogen) atoms. The number of carbonyl (C=O) groups is 1. The molecule has 0 fully saturated rings. The van der Waals surface area contributed by atoms with E-state index in [9.17, 15) is 22.4 Å². The summed E-state index contributed by atoms with van der Waals surface area (Å²) in [6.45, 7) is 0. The van der Waals surface area contributed by atoms with Crippen LogP contribution in [0.4, 0.5) is 23.2 Å². The van der Waals surface area contributed by atoms with Crippen LogP contribution in [-0.2, 0) is 6.18 Å². The number of hydrogen-bond donors (Lipinski definition) is 1. The van der Waals surface area contributed by atoms with Gasteiger partial charge in [0.1, 0.15) is 5.82 Å². The van der Waals surface area contributed by atoms with Crippen LogP contribution in [0, 0.1) is 5.82 Å². The van der Waals surface area contributed by atoms with Crippen LogP contribution in [-0.4, -0.2) is 5.91 Å². The first-order valence-corrected chi connectivity index (χ1v) is 6.57.